The van der Waals surface area contributed by atoms with E-state index in [9.17, 15) is 19.1 Å². The van der Waals surface area contributed by atoms with Gasteiger partial charge in [0.05, 0.1) is 6.54 Å². The molecule has 184 valence electrons. The van der Waals surface area contributed by atoms with Gasteiger partial charge in [-0.25, -0.2) is 9.18 Å². The summed E-state index contributed by atoms with van der Waals surface area (Å²) in [6, 6.07) is 14.0. The number of nitrogens with zero attached hydrogens (tertiary/aromatic N) is 4. The Hall–Kier alpha value is -3.63. The van der Waals surface area contributed by atoms with E-state index in [0.29, 0.717) is 16.3 Å². The molecule has 0 spiro atoms. The number of hydrogen-bond acceptors (Lipinski definition) is 6. The molecule has 11 heteroatoms. The average Bonchev–Trinajstić information content (AvgIpc) is 3.21. The molecule has 0 fully saturated rings. The van der Waals surface area contributed by atoms with Crippen LogP contribution in [0.4, 0.5) is 4.39 Å². The summed E-state index contributed by atoms with van der Waals surface area (Å²) in [5.74, 6) is 0.359. The van der Waals surface area contributed by atoms with Gasteiger partial charge in [-0.2, -0.15) is 4.98 Å². The molecule has 0 aliphatic carbocycles. The SMILES string of the molecule is Cn1c(=O)n(CCCO)c(=O)c2c1nc(OCc1cccc(OCF)c1)n2Cc1ccc(Cl)cc1. The van der Waals surface area contributed by atoms with E-state index in [1.165, 1.54) is 11.6 Å². The Balaban J connectivity index is 1.80. The zero-order valence-corrected chi connectivity index (χ0v) is 19.7. The molecule has 2 aromatic heterocycles. The van der Waals surface area contributed by atoms with Crippen LogP contribution in [0.3, 0.4) is 0 Å². The lowest BCUT2D eigenvalue weighted by Crippen LogP contribution is -2.39. The molecule has 9 nitrogen and oxygen atoms in total. The summed E-state index contributed by atoms with van der Waals surface area (Å²) < 4.78 is 27.4. The molecule has 0 amide bonds. The van der Waals surface area contributed by atoms with Crippen molar-refractivity contribution in [2.24, 2.45) is 7.05 Å². The van der Waals surface area contributed by atoms with Crippen molar-refractivity contribution in [1.82, 2.24) is 18.7 Å². The number of benzene rings is 2. The lowest BCUT2D eigenvalue weighted by atomic mass is 10.2. The Bertz CT molecular complexity index is 1450. The fraction of sp³-hybridized carbons (Fsp3) is 0.292. The first-order valence-corrected chi connectivity index (χ1v) is 11.3. The highest BCUT2D eigenvalue weighted by Gasteiger charge is 2.21. The van der Waals surface area contributed by atoms with Crippen LogP contribution in [0.5, 0.6) is 11.8 Å². The number of halogens is 2. The first-order valence-electron chi connectivity index (χ1n) is 10.9. The molecule has 0 radical (unpaired) electrons. The summed E-state index contributed by atoms with van der Waals surface area (Å²) in [4.78, 5) is 30.6. The van der Waals surface area contributed by atoms with E-state index in [4.69, 9.17) is 21.1 Å². The quantitative estimate of drug-likeness (QED) is 0.358. The predicted molar refractivity (Wildman–Crippen MR) is 129 cm³/mol. The first-order chi connectivity index (χ1) is 16.9. The van der Waals surface area contributed by atoms with E-state index in [0.717, 1.165) is 10.1 Å². The van der Waals surface area contributed by atoms with Crippen LogP contribution >= 0.6 is 11.6 Å². The van der Waals surface area contributed by atoms with Gasteiger partial charge in [0, 0.05) is 25.2 Å². The lowest BCUT2D eigenvalue weighted by Gasteiger charge is -2.12. The number of hydrogen-bond donors (Lipinski definition) is 1. The van der Waals surface area contributed by atoms with Crippen molar-refractivity contribution in [2.75, 3.05) is 13.5 Å². The second kappa shape index (κ2) is 10.7. The smallest absolute Gasteiger partial charge is 0.332 e. The fourth-order valence-electron chi connectivity index (χ4n) is 3.74. The third-order valence-corrected chi connectivity index (χ3v) is 5.73. The van der Waals surface area contributed by atoms with Crippen LogP contribution < -0.4 is 20.7 Å². The maximum Gasteiger partial charge on any atom is 0.332 e. The number of rotatable bonds is 10. The largest absolute Gasteiger partial charge is 0.463 e. The minimum Gasteiger partial charge on any atom is -0.463 e. The number of aryl methyl sites for hydroxylation is 1. The Kier molecular flexibility index (Phi) is 7.52. The zero-order valence-electron chi connectivity index (χ0n) is 19.0. The molecule has 0 atom stereocenters. The molecule has 35 heavy (non-hydrogen) atoms. The Morgan fingerprint density at radius 2 is 1.83 bits per heavy atom. The number of aliphatic hydroxyl groups excluding tert-OH is 1. The van der Waals surface area contributed by atoms with Crippen molar-refractivity contribution < 1.29 is 19.0 Å². The molecule has 0 saturated carbocycles. The van der Waals surface area contributed by atoms with Crippen molar-refractivity contribution in [3.63, 3.8) is 0 Å². The molecule has 4 aromatic rings. The highest BCUT2D eigenvalue weighted by atomic mass is 35.5. The second-order valence-corrected chi connectivity index (χ2v) is 8.28. The normalized spacial score (nSPS) is 11.2. The maximum absolute atomic E-state index is 13.4. The van der Waals surface area contributed by atoms with Gasteiger partial charge in [-0.3, -0.25) is 18.5 Å². The molecule has 0 bridgehead atoms. The van der Waals surface area contributed by atoms with Gasteiger partial charge in [0.15, 0.2) is 11.2 Å². The summed E-state index contributed by atoms with van der Waals surface area (Å²) in [6.45, 7) is -0.724. The van der Waals surface area contributed by atoms with Gasteiger partial charge in [-0.15, -0.1) is 0 Å². The molecule has 0 saturated heterocycles. The molecular weight excluding hydrogens is 479 g/mol. The zero-order chi connectivity index (χ0) is 24.9. The van der Waals surface area contributed by atoms with Gasteiger partial charge < -0.3 is 14.6 Å². The molecule has 2 aromatic carbocycles. The van der Waals surface area contributed by atoms with Crippen molar-refractivity contribution in [3.8, 4) is 11.8 Å². The van der Waals surface area contributed by atoms with E-state index in [1.54, 1.807) is 41.0 Å². The van der Waals surface area contributed by atoms with Gasteiger partial charge in [0.25, 0.3) is 11.6 Å². The number of imidazole rings is 1. The van der Waals surface area contributed by atoms with E-state index >= 15 is 0 Å². The Morgan fingerprint density at radius 3 is 2.54 bits per heavy atom. The van der Waals surface area contributed by atoms with E-state index in [1.807, 2.05) is 12.1 Å². The number of ether oxygens (including phenoxy) is 2. The minimum atomic E-state index is -0.947. The van der Waals surface area contributed by atoms with Crippen LogP contribution in [0, 0.1) is 0 Å². The number of aliphatic hydroxyl groups is 1. The maximum atomic E-state index is 13.4. The van der Waals surface area contributed by atoms with E-state index in [2.05, 4.69) is 4.98 Å². The van der Waals surface area contributed by atoms with Crippen molar-refractivity contribution in [3.05, 3.63) is 85.5 Å². The van der Waals surface area contributed by atoms with Crippen molar-refractivity contribution >= 4 is 22.8 Å². The number of aromatic nitrogens is 4. The van der Waals surface area contributed by atoms with Crippen LogP contribution in [0.2, 0.25) is 5.02 Å². The molecule has 0 aliphatic heterocycles. The summed E-state index contributed by atoms with van der Waals surface area (Å²) in [7, 11) is 1.53. The van der Waals surface area contributed by atoms with Gasteiger partial charge >= 0.3 is 5.69 Å². The molecular formula is C24H24ClFN4O5. The van der Waals surface area contributed by atoms with Gasteiger partial charge in [0.1, 0.15) is 12.4 Å². The van der Waals surface area contributed by atoms with Gasteiger partial charge in [-0.1, -0.05) is 35.9 Å². The van der Waals surface area contributed by atoms with Crippen LogP contribution in [0.1, 0.15) is 17.5 Å². The lowest BCUT2D eigenvalue weighted by molar-refractivity contribution is 0.191. The highest BCUT2D eigenvalue weighted by Crippen LogP contribution is 2.22. The second-order valence-electron chi connectivity index (χ2n) is 7.84. The summed E-state index contributed by atoms with van der Waals surface area (Å²) in [6.07, 6.45) is 0.257. The minimum absolute atomic E-state index is 0.0695. The Labute approximate surface area is 204 Å². The van der Waals surface area contributed by atoms with Crippen LogP contribution in [0.15, 0.2) is 58.1 Å². The topological polar surface area (TPSA) is 101 Å². The summed E-state index contributed by atoms with van der Waals surface area (Å²) >= 11 is 6.02. The molecule has 0 unspecified atom stereocenters. The van der Waals surface area contributed by atoms with E-state index in [-0.39, 0.29) is 49.9 Å². The molecule has 4 rings (SSSR count). The van der Waals surface area contributed by atoms with Gasteiger partial charge in [0.2, 0.25) is 6.86 Å². The van der Waals surface area contributed by atoms with Gasteiger partial charge in [-0.05, 0) is 41.8 Å². The third kappa shape index (κ3) is 5.23. The molecule has 0 aliphatic rings. The third-order valence-electron chi connectivity index (χ3n) is 5.48. The Morgan fingerprint density at radius 1 is 1.06 bits per heavy atom. The summed E-state index contributed by atoms with van der Waals surface area (Å²) in [5, 5.41) is 9.77. The fourth-order valence-corrected chi connectivity index (χ4v) is 3.87. The average molecular weight is 503 g/mol. The summed E-state index contributed by atoms with van der Waals surface area (Å²) in [5.41, 5.74) is 0.867. The van der Waals surface area contributed by atoms with Crippen molar-refractivity contribution in [1.29, 1.82) is 0 Å². The highest BCUT2D eigenvalue weighted by molar-refractivity contribution is 6.30. The van der Waals surface area contributed by atoms with E-state index < -0.39 is 18.1 Å². The standard InChI is InChI=1S/C24H24ClFN4O5/c1-28-21-20(22(32)29(24(28)33)10-3-11-31)30(13-16-6-8-18(25)9-7-16)23(27-21)34-14-17-4-2-5-19(12-17)35-15-26/h2,4-9,12,31H,3,10-11,13-15H2,1H3. The van der Waals surface area contributed by atoms with Crippen LogP contribution in [-0.2, 0) is 26.7 Å². The number of alkyl halides is 1. The predicted octanol–water partition coefficient (Wildman–Crippen LogP) is 2.87. The molecule has 2 heterocycles. The van der Waals surface area contributed by atoms with Crippen LogP contribution in [-0.4, -0.2) is 37.3 Å². The van der Waals surface area contributed by atoms with Crippen LogP contribution in [0.25, 0.3) is 11.2 Å². The monoisotopic (exact) mass is 502 g/mol. The first kappa shape index (κ1) is 24.5. The molecule has 1 N–H and O–H groups in total. The number of fused-ring (bicyclic) bond motifs is 1. The van der Waals surface area contributed by atoms with Crippen molar-refractivity contribution in [2.45, 2.75) is 26.1 Å².